The van der Waals surface area contributed by atoms with E-state index in [2.05, 4.69) is 4.98 Å². The number of H-pyrrole nitrogens is 1. The molecule has 3 aromatic rings. The Kier molecular flexibility index (Phi) is 5.72. The molecule has 9 heteroatoms. The van der Waals surface area contributed by atoms with E-state index in [0.29, 0.717) is 50.3 Å². The number of fused-ring (bicyclic) bond motifs is 1. The second-order valence-corrected chi connectivity index (χ2v) is 9.53. The standard InChI is InChI=1S/C26H25F3N4O2/c27-26(28,29)22-12-21(4-3-19(22)13-30)32-9-6-25(7-10-32)16-33(14-20(25)15-34)24(35)18-2-1-17-5-8-31-23(17)11-18/h1-5,8,11-12,20,31,34H,6-7,9-10,14-16H2. The number of hydrogen-bond donors (Lipinski definition) is 2. The molecule has 2 aromatic carbocycles. The van der Waals surface area contributed by atoms with Gasteiger partial charge in [-0.2, -0.15) is 18.4 Å². The third kappa shape index (κ3) is 4.12. The number of likely N-dealkylation sites (tertiary alicyclic amines) is 1. The lowest BCUT2D eigenvalue weighted by Gasteiger charge is -2.43. The summed E-state index contributed by atoms with van der Waals surface area (Å²) in [4.78, 5) is 20.1. The SMILES string of the molecule is N#Cc1ccc(N2CCC3(CC2)CN(C(=O)c2ccc4cc[nH]c4c2)CC3CO)cc1C(F)(F)F. The Bertz CT molecular complexity index is 1300. The van der Waals surface area contributed by atoms with Crippen LogP contribution in [0.4, 0.5) is 18.9 Å². The predicted octanol–water partition coefficient (Wildman–Crippen LogP) is 4.41. The Labute approximate surface area is 200 Å². The third-order valence-corrected chi connectivity index (χ3v) is 7.68. The number of alkyl halides is 3. The molecular weight excluding hydrogens is 457 g/mol. The number of anilines is 1. The minimum absolute atomic E-state index is 0.0471. The highest BCUT2D eigenvalue weighted by Crippen LogP contribution is 2.46. The van der Waals surface area contributed by atoms with Crippen LogP contribution in [0.5, 0.6) is 0 Å². The second-order valence-electron chi connectivity index (χ2n) is 9.53. The molecular formula is C26H25F3N4O2. The number of rotatable bonds is 3. The number of piperidine rings is 1. The van der Waals surface area contributed by atoms with Gasteiger partial charge in [0.05, 0.1) is 17.2 Å². The maximum absolute atomic E-state index is 13.4. The first-order valence-electron chi connectivity index (χ1n) is 11.6. The number of carbonyl (C=O) groups excluding carboxylic acids is 1. The van der Waals surface area contributed by atoms with Crippen molar-refractivity contribution in [3.05, 3.63) is 65.4 Å². The summed E-state index contributed by atoms with van der Waals surface area (Å²) >= 11 is 0. The van der Waals surface area contributed by atoms with E-state index in [-0.39, 0.29) is 23.8 Å². The Morgan fingerprint density at radius 3 is 2.63 bits per heavy atom. The summed E-state index contributed by atoms with van der Waals surface area (Å²) in [7, 11) is 0. The molecule has 5 rings (SSSR count). The number of carbonyl (C=O) groups is 1. The zero-order valence-electron chi connectivity index (χ0n) is 19.0. The number of aliphatic hydroxyl groups excluding tert-OH is 1. The van der Waals surface area contributed by atoms with E-state index in [1.54, 1.807) is 17.0 Å². The molecule has 35 heavy (non-hydrogen) atoms. The van der Waals surface area contributed by atoms with Crippen LogP contribution in [0, 0.1) is 22.7 Å². The molecule has 182 valence electrons. The molecule has 1 unspecified atom stereocenters. The Hall–Kier alpha value is -3.51. The Balaban J connectivity index is 1.32. The van der Waals surface area contributed by atoms with E-state index in [1.165, 1.54) is 6.07 Å². The highest BCUT2D eigenvalue weighted by molar-refractivity contribution is 5.98. The summed E-state index contributed by atoms with van der Waals surface area (Å²) in [5.41, 5.74) is 0.301. The predicted molar refractivity (Wildman–Crippen MR) is 125 cm³/mol. The van der Waals surface area contributed by atoms with Crippen LogP contribution in [-0.2, 0) is 6.18 Å². The van der Waals surface area contributed by atoms with Crippen molar-refractivity contribution >= 4 is 22.5 Å². The summed E-state index contributed by atoms with van der Waals surface area (Å²) in [6.07, 6.45) is -1.47. The maximum Gasteiger partial charge on any atom is 0.417 e. The summed E-state index contributed by atoms with van der Waals surface area (Å²) in [5.74, 6) is -0.171. The number of aromatic amines is 1. The second kappa shape index (κ2) is 8.61. The van der Waals surface area contributed by atoms with E-state index in [9.17, 15) is 23.1 Å². The number of nitrogens with one attached hydrogen (secondary N) is 1. The first kappa shape index (κ1) is 23.2. The largest absolute Gasteiger partial charge is 0.417 e. The van der Waals surface area contributed by atoms with Crippen molar-refractivity contribution in [3.8, 4) is 6.07 Å². The van der Waals surface area contributed by atoms with Crippen molar-refractivity contribution in [2.75, 3.05) is 37.7 Å². The number of aromatic nitrogens is 1. The fourth-order valence-electron chi connectivity index (χ4n) is 5.64. The number of nitrogens with zero attached hydrogens (tertiary/aromatic N) is 3. The summed E-state index contributed by atoms with van der Waals surface area (Å²) < 4.78 is 40.2. The van der Waals surface area contributed by atoms with Gasteiger partial charge in [-0.05, 0) is 60.0 Å². The number of nitriles is 1. The minimum atomic E-state index is -4.60. The fraction of sp³-hybridized carbons (Fsp3) is 0.385. The van der Waals surface area contributed by atoms with E-state index >= 15 is 0 Å². The molecule has 0 saturated carbocycles. The number of aliphatic hydroxyl groups is 1. The molecule has 1 aromatic heterocycles. The van der Waals surface area contributed by atoms with Crippen molar-refractivity contribution < 1.29 is 23.1 Å². The molecule has 1 atom stereocenters. The van der Waals surface area contributed by atoms with Crippen molar-refractivity contribution in [2.45, 2.75) is 19.0 Å². The normalized spacial score (nSPS) is 19.9. The van der Waals surface area contributed by atoms with E-state index < -0.39 is 17.3 Å². The summed E-state index contributed by atoms with van der Waals surface area (Å²) in [6.45, 7) is 1.93. The van der Waals surface area contributed by atoms with Crippen LogP contribution in [0.3, 0.4) is 0 Å². The zero-order valence-corrected chi connectivity index (χ0v) is 19.0. The van der Waals surface area contributed by atoms with Gasteiger partial charge < -0.3 is 19.9 Å². The average molecular weight is 483 g/mol. The van der Waals surface area contributed by atoms with Gasteiger partial charge in [-0.15, -0.1) is 0 Å². The Morgan fingerprint density at radius 2 is 1.94 bits per heavy atom. The van der Waals surface area contributed by atoms with Crippen LogP contribution in [0.25, 0.3) is 10.9 Å². The van der Waals surface area contributed by atoms with Gasteiger partial charge in [0.2, 0.25) is 0 Å². The highest BCUT2D eigenvalue weighted by Gasteiger charge is 2.49. The number of amides is 1. The van der Waals surface area contributed by atoms with Gasteiger partial charge in [0.25, 0.3) is 5.91 Å². The van der Waals surface area contributed by atoms with Gasteiger partial charge in [0.1, 0.15) is 0 Å². The number of benzene rings is 2. The smallest absolute Gasteiger partial charge is 0.396 e. The monoisotopic (exact) mass is 482 g/mol. The fourth-order valence-corrected chi connectivity index (χ4v) is 5.64. The molecule has 1 spiro atoms. The molecule has 2 fully saturated rings. The lowest BCUT2D eigenvalue weighted by molar-refractivity contribution is -0.137. The topological polar surface area (TPSA) is 83.4 Å². The van der Waals surface area contributed by atoms with Crippen molar-refractivity contribution in [3.63, 3.8) is 0 Å². The molecule has 2 aliphatic rings. The lowest BCUT2D eigenvalue weighted by atomic mass is 9.71. The van der Waals surface area contributed by atoms with Gasteiger partial charge in [-0.3, -0.25) is 4.79 Å². The van der Waals surface area contributed by atoms with Crippen LogP contribution in [-0.4, -0.2) is 53.7 Å². The molecule has 3 heterocycles. The molecule has 6 nitrogen and oxygen atoms in total. The molecule has 1 amide bonds. The van der Waals surface area contributed by atoms with E-state index in [0.717, 1.165) is 17.0 Å². The van der Waals surface area contributed by atoms with Gasteiger partial charge in [0, 0.05) is 61.7 Å². The zero-order chi connectivity index (χ0) is 24.8. The van der Waals surface area contributed by atoms with Gasteiger partial charge in [0.15, 0.2) is 0 Å². The summed E-state index contributed by atoms with van der Waals surface area (Å²) in [5, 5.41) is 20.2. The van der Waals surface area contributed by atoms with Crippen molar-refractivity contribution in [2.24, 2.45) is 11.3 Å². The quantitative estimate of drug-likeness (QED) is 0.579. The van der Waals surface area contributed by atoms with Crippen LogP contribution in [0.15, 0.2) is 48.7 Å². The van der Waals surface area contributed by atoms with Gasteiger partial charge >= 0.3 is 6.18 Å². The minimum Gasteiger partial charge on any atom is -0.396 e. The molecule has 2 saturated heterocycles. The first-order valence-corrected chi connectivity index (χ1v) is 11.6. The van der Waals surface area contributed by atoms with Crippen LogP contribution >= 0.6 is 0 Å². The average Bonchev–Trinajstić information content (AvgIpc) is 3.47. The van der Waals surface area contributed by atoms with Crippen molar-refractivity contribution in [1.82, 2.24) is 9.88 Å². The van der Waals surface area contributed by atoms with E-state index in [1.807, 2.05) is 35.4 Å². The molecule has 0 bridgehead atoms. The first-order chi connectivity index (χ1) is 16.7. The molecule has 2 N–H and O–H groups in total. The molecule has 2 aliphatic heterocycles. The van der Waals surface area contributed by atoms with Crippen molar-refractivity contribution in [1.29, 1.82) is 5.26 Å². The third-order valence-electron chi connectivity index (χ3n) is 7.68. The number of halogens is 3. The Morgan fingerprint density at radius 1 is 1.17 bits per heavy atom. The van der Waals surface area contributed by atoms with E-state index in [4.69, 9.17) is 5.26 Å². The number of hydrogen-bond acceptors (Lipinski definition) is 4. The summed E-state index contributed by atoms with van der Waals surface area (Å²) in [6, 6.07) is 12.9. The lowest BCUT2D eigenvalue weighted by Crippen LogP contribution is -2.45. The highest BCUT2D eigenvalue weighted by atomic mass is 19.4. The van der Waals surface area contributed by atoms with Crippen LogP contribution in [0.2, 0.25) is 0 Å². The maximum atomic E-state index is 13.4. The van der Waals surface area contributed by atoms with Gasteiger partial charge in [-0.1, -0.05) is 6.07 Å². The van der Waals surface area contributed by atoms with Gasteiger partial charge in [-0.25, -0.2) is 0 Å². The van der Waals surface area contributed by atoms with Crippen LogP contribution < -0.4 is 4.90 Å². The molecule has 0 radical (unpaired) electrons. The van der Waals surface area contributed by atoms with Crippen LogP contribution in [0.1, 0.15) is 34.3 Å². The molecule has 0 aliphatic carbocycles.